The van der Waals surface area contributed by atoms with Crippen LogP contribution in [0.4, 0.5) is 0 Å². The molecule has 2 fully saturated rings. The van der Waals surface area contributed by atoms with Crippen molar-refractivity contribution in [2.24, 2.45) is 4.99 Å². The van der Waals surface area contributed by atoms with Crippen LogP contribution in [0.25, 0.3) is 0 Å². The van der Waals surface area contributed by atoms with Crippen LogP contribution < -0.4 is 14.8 Å². The van der Waals surface area contributed by atoms with Gasteiger partial charge in [-0.15, -0.1) is 0 Å². The zero-order valence-corrected chi connectivity index (χ0v) is 19.6. The molecule has 2 aliphatic heterocycles. The van der Waals surface area contributed by atoms with Gasteiger partial charge in [0.15, 0.2) is 5.96 Å². The molecule has 1 aromatic carbocycles. The van der Waals surface area contributed by atoms with E-state index in [4.69, 9.17) is 19.2 Å². The summed E-state index contributed by atoms with van der Waals surface area (Å²) in [5.41, 5.74) is 1.16. The molecular weight excluding hydrogens is 394 g/mol. The fourth-order valence-electron chi connectivity index (χ4n) is 4.14. The van der Waals surface area contributed by atoms with Gasteiger partial charge >= 0.3 is 0 Å². The lowest BCUT2D eigenvalue weighted by molar-refractivity contribution is 0.0220. The third-order valence-electron chi connectivity index (χ3n) is 6.06. The highest BCUT2D eigenvalue weighted by atomic mass is 16.5. The number of ether oxygens (including phenoxy) is 3. The molecule has 0 radical (unpaired) electrons. The Morgan fingerprint density at radius 3 is 2.48 bits per heavy atom. The van der Waals surface area contributed by atoms with E-state index >= 15 is 0 Å². The third kappa shape index (κ3) is 6.72. The lowest BCUT2D eigenvalue weighted by atomic mass is 10.1. The Bertz CT molecular complexity index is 700. The van der Waals surface area contributed by atoms with Gasteiger partial charge in [0.2, 0.25) is 0 Å². The minimum atomic E-state index is 0.430. The molecule has 0 bridgehead atoms. The second kappa shape index (κ2) is 12.1. The van der Waals surface area contributed by atoms with Gasteiger partial charge in [0.25, 0.3) is 0 Å². The molecule has 2 heterocycles. The van der Waals surface area contributed by atoms with Crippen LogP contribution in [0.3, 0.4) is 0 Å². The van der Waals surface area contributed by atoms with Crippen molar-refractivity contribution in [3.8, 4) is 11.5 Å². The van der Waals surface area contributed by atoms with E-state index in [9.17, 15) is 0 Å². The molecule has 8 nitrogen and oxygen atoms in total. The summed E-state index contributed by atoms with van der Waals surface area (Å²) in [6.45, 7) is 14.5. The first-order chi connectivity index (χ1) is 15.1. The van der Waals surface area contributed by atoms with Gasteiger partial charge in [0.1, 0.15) is 11.5 Å². The first-order valence-corrected chi connectivity index (χ1v) is 11.4. The van der Waals surface area contributed by atoms with E-state index in [1.165, 1.54) is 0 Å². The van der Waals surface area contributed by atoms with Gasteiger partial charge in [-0.1, -0.05) is 0 Å². The van der Waals surface area contributed by atoms with Crippen LogP contribution in [-0.4, -0.2) is 106 Å². The fraction of sp³-hybridized carbons (Fsp3) is 0.696. The van der Waals surface area contributed by atoms with Crippen LogP contribution in [0.5, 0.6) is 11.5 Å². The fourth-order valence-corrected chi connectivity index (χ4v) is 4.14. The minimum absolute atomic E-state index is 0.430. The molecule has 1 N–H and O–H groups in total. The van der Waals surface area contributed by atoms with Crippen molar-refractivity contribution in [1.29, 1.82) is 0 Å². The number of nitrogens with zero attached hydrogens (tertiary/aromatic N) is 4. The second-order valence-corrected chi connectivity index (χ2v) is 8.13. The van der Waals surface area contributed by atoms with Gasteiger partial charge in [-0.25, -0.2) is 0 Å². The normalized spacial score (nSPS) is 19.9. The van der Waals surface area contributed by atoms with Crippen molar-refractivity contribution in [1.82, 2.24) is 20.0 Å². The standard InChI is InChI=1S/C23H39N5O3/c1-5-24-23(25-17-19(2)27-12-14-31-15-13-27)28-10-8-26(9-11-28)18-20-16-21(29-3)6-7-22(20)30-4/h6-7,16,19H,5,8-15,17-18H2,1-4H3,(H,24,25). The Hall–Kier alpha value is -2.03. The number of methoxy groups -OCH3 is 2. The van der Waals surface area contributed by atoms with Crippen molar-refractivity contribution >= 4 is 5.96 Å². The van der Waals surface area contributed by atoms with Gasteiger partial charge in [-0.05, 0) is 32.0 Å². The average molecular weight is 434 g/mol. The molecule has 0 saturated carbocycles. The summed E-state index contributed by atoms with van der Waals surface area (Å²) in [7, 11) is 3.42. The van der Waals surface area contributed by atoms with Crippen LogP contribution in [0, 0.1) is 0 Å². The largest absolute Gasteiger partial charge is 0.497 e. The van der Waals surface area contributed by atoms with Gasteiger partial charge in [-0.2, -0.15) is 0 Å². The molecule has 31 heavy (non-hydrogen) atoms. The predicted octanol–water partition coefficient (Wildman–Crippen LogP) is 1.51. The summed E-state index contributed by atoms with van der Waals surface area (Å²) in [5.74, 6) is 2.81. The number of aliphatic imine (C=N–C) groups is 1. The molecule has 2 aliphatic rings. The van der Waals surface area contributed by atoms with Crippen LogP contribution in [0.1, 0.15) is 19.4 Å². The Kier molecular flexibility index (Phi) is 9.24. The molecule has 3 rings (SSSR count). The summed E-state index contributed by atoms with van der Waals surface area (Å²) in [5, 5.41) is 3.49. The summed E-state index contributed by atoms with van der Waals surface area (Å²) < 4.78 is 16.4. The highest BCUT2D eigenvalue weighted by Crippen LogP contribution is 2.25. The number of guanidine groups is 1. The van der Waals surface area contributed by atoms with Crippen molar-refractivity contribution in [3.63, 3.8) is 0 Å². The molecule has 174 valence electrons. The van der Waals surface area contributed by atoms with Crippen LogP contribution in [-0.2, 0) is 11.3 Å². The monoisotopic (exact) mass is 433 g/mol. The van der Waals surface area contributed by atoms with Gasteiger partial charge in [0, 0.05) is 64.0 Å². The molecular formula is C23H39N5O3. The topological polar surface area (TPSA) is 61.8 Å². The van der Waals surface area contributed by atoms with Crippen LogP contribution in [0.15, 0.2) is 23.2 Å². The third-order valence-corrected chi connectivity index (χ3v) is 6.06. The summed E-state index contributed by atoms with van der Waals surface area (Å²) in [6, 6.07) is 6.43. The van der Waals surface area contributed by atoms with E-state index in [1.807, 2.05) is 12.1 Å². The van der Waals surface area contributed by atoms with E-state index in [0.29, 0.717) is 6.04 Å². The number of piperazine rings is 1. The van der Waals surface area contributed by atoms with Crippen molar-refractivity contribution in [2.75, 3.05) is 79.8 Å². The van der Waals surface area contributed by atoms with E-state index in [-0.39, 0.29) is 0 Å². The SMILES string of the molecule is CCNC(=NCC(C)N1CCOCC1)N1CCN(Cc2cc(OC)ccc2OC)CC1. The van der Waals surface area contributed by atoms with E-state index in [1.54, 1.807) is 14.2 Å². The van der Waals surface area contributed by atoms with Crippen molar-refractivity contribution < 1.29 is 14.2 Å². The average Bonchev–Trinajstić information content (AvgIpc) is 2.82. The molecule has 0 spiro atoms. The molecule has 1 aromatic rings. The Labute approximate surface area is 187 Å². The molecule has 0 aromatic heterocycles. The minimum Gasteiger partial charge on any atom is -0.497 e. The molecule has 2 saturated heterocycles. The zero-order valence-electron chi connectivity index (χ0n) is 19.6. The Morgan fingerprint density at radius 1 is 1.10 bits per heavy atom. The number of morpholine rings is 1. The van der Waals surface area contributed by atoms with Crippen LogP contribution in [0.2, 0.25) is 0 Å². The second-order valence-electron chi connectivity index (χ2n) is 8.13. The lowest BCUT2D eigenvalue weighted by Crippen LogP contribution is -2.52. The highest BCUT2D eigenvalue weighted by molar-refractivity contribution is 5.80. The first-order valence-electron chi connectivity index (χ1n) is 11.4. The maximum absolute atomic E-state index is 5.55. The molecule has 0 aliphatic carbocycles. The number of hydrogen-bond donors (Lipinski definition) is 1. The number of nitrogens with one attached hydrogen (secondary N) is 1. The molecule has 1 atom stereocenters. The molecule has 0 amide bonds. The van der Waals surface area contributed by atoms with Gasteiger partial charge in [-0.3, -0.25) is 14.8 Å². The number of rotatable bonds is 8. The van der Waals surface area contributed by atoms with Gasteiger partial charge in [0.05, 0.1) is 34.0 Å². The smallest absolute Gasteiger partial charge is 0.194 e. The quantitative estimate of drug-likeness (QED) is 0.493. The zero-order chi connectivity index (χ0) is 22.1. The summed E-state index contributed by atoms with van der Waals surface area (Å²) >= 11 is 0. The predicted molar refractivity (Wildman–Crippen MR) is 124 cm³/mol. The molecule has 1 unspecified atom stereocenters. The van der Waals surface area contributed by atoms with Crippen molar-refractivity contribution in [3.05, 3.63) is 23.8 Å². The maximum atomic E-state index is 5.55. The highest BCUT2D eigenvalue weighted by Gasteiger charge is 2.22. The number of hydrogen-bond acceptors (Lipinski definition) is 6. The van der Waals surface area contributed by atoms with E-state index in [2.05, 4.69) is 39.9 Å². The Morgan fingerprint density at radius 2 is 1.84 bits per heavy atom. The maximum Gasteiger partial charge on any atom is 0.194 e. The summed E-state index contributed by atoms with van der Waals surface area (Å²) in [4.78, 5) is 12.3. The lowest BCUT2D eigenvalue weighted by Gasteiger charge is -2.37. The van der Waals surface area contributed by atoms with Crippen molar-refractivity contribution in [2.45, 2.75) is 26.4 Å². The Balaban J connectivity index is 1.55. The first kappa shape index (κ1) is 23.6. The van der Waals surface area contributed by atoms with E-state index < -0.39 is 0 Å². The number of benzene rings is 1. The van der Waals surface area contributed by atoms with E-state index in [0.717, 1.165) is 95.1 Å². The summed E-state index contributed by atoms with van der Waals surface area (Å²) in [6.07, 6.45) is 0. The van der Waals surface area contributed by atoms with Gasteiger partial charge < -0.3 is 24.4 Å². The van der Waals surface area contributed by atoms with Crippen LogP contribution >= 0.6 is 0 Å². The molecule has 8 heteroatoms.